The zero-order valence-electron chi connectivity index (χ0n) is 12.8. The van der Waals surface area contributed by atoms with Gasteiger partial charge in [-0.25, -0.2) is 0 Å². The van der Waals surface area contributed by atoms with Crippen LogP contribution in [0, 0.1) is 0 Å². The lowest BCUT2D eigenvalue weighted by molar-refractivity contribution is 0.119. The van der Waals surface area contributed by atoms with Crippen LogP contribution in [0.25, 0.3) is 0 Å². The van der Waals surface area contributed by atoms with E-state index in [4.69, 9.17) is 4.99 Å². The second kappa shape index (κ2) is 9.44. The van der Waals surface area contributed by atoms with Crippen molar-refractivity contribution in [2.75, 3.05) is 65.4 Å². The molecule has 0 aromatic rings. The van der Waals surface area contributed by atoms with Crippen molar-refractivity contribution >= 4 is 17.7 Å². The molecular weight excluding hydrogens is 258 g/mol. The van der Waals surface area contributed by atoms with Gasteiger partial charge in [0.05, 0.1) is 6.54 Å². The first-order valence-corrected chi connectivity index (χ1v) is 8.46. The number of piperazine rings is 1. The highest BCUT2D eigenvalue weighted by Gasteiger charge is 2.21. The lowest BCUT2D eigenvalue weighted by Gasteiger charge is -2.36. The van der Waals surface area contributed by atoms with Gasteiger partial charge in [0.25, 0.3) is 0 Å². The van der Waals surface area contributed by atoms with Crippen LogP contribution in [0.5, 0.6) is 0 Å². The summed E-state index contributed by atoms with van der Waals surface area (Å²) in [6.45, 7) is 8.22. The lowest BCUT2D eigenvalue weighted by atomic mass is 10.2. The zero-order chi connectivity index (χ0) is 14.1. The van der Waals surface area contributed by atoms with Crippen molar-refractivity contribution in [1.29, 1.82) is 0 Å². The van der Waals surface area contributed by atoms with Crippen molar-refractivity contribution < 1.29 is 0 Å². The van der Waals surface area contributed by atoms with Crippen molar-refractivity contribution in [3.63, 3.8) is 0 Å². The molecule has 0 bridgehead atoms. The van der Waals surface area contributed by atoms with Crippen LogP contribution in [0.2, 0.25) is 0 Å². The van der Waals surface area contributed by atoms with Gasteiger partial charge in [-0.1, -0.05) is 0 Å². The third-order valence-corrected chi connectivity index (χ3v) is 4.00. The van der Waals surface area contributed by atoms with Crippen LogP contribution in [0.3, 0.4) is 0 Å². The summed E-state index contributed by atoms with van der Waals surface area (Å²) in [4.78, 5) is 9.51. The minimum absolute atomic E-state index is 0.523. The van der Waals surface area contributed by atoms with E-state index in [2.05, 4.69) is 47.7 Å². The van der Waals surface area contributed by atoms with Gasteiger partial charge in [0, 0.05) is 44.5 Å². The lowest BCUT2D eigenvalue weighted by Crippen LogP contribution is -2.51. The predicted octanol–water partition coefficient (Wildman–Crippen LogP) is 0.150. The summed E-state index contributed by atoms with van der Waals surface area (Å²) in [5.74, 6) is 2.05. The van der Waals surface area contributed by atoms with Crippen molar-refractivity contribution in [3.05, 3.63) is 0 Å². The molecule has 0 amide bonds. The molecule has 1 fully saturated rings. The van der Waals surface area contributed by atoms with Crippen molar-refractivity contribution in [2.45, 2.75) is 13.0 Å². The first-order chi connectivity index (χ1) is 9.17. The van der Waals surface area contributed by atoms with E-state index in [1.165, 1.54) is 0 Å². The van der Waals surface area contributed by atoms with E-state index in [1.54, 1.807) is 0 Å². The van der Waals surface area contributed by atoms with Crippen molar-refractivity contribution in [3.8, 4) is 0 Å². The van der Waals surface area contributed by atoms with Crippen LogP contribution in [-0.2, 0) is 0 Å². The summed E-state index contributed by atoms with van der Waals surface area (Å²) in [6, 6.07) is 0.523. The minimum atomic E-state index is 0.523. The second-order valence-electron chi connectivity index (χ2n) is 5.04. The van der Waals surface area contributed by atoms with E-state index < -0.39 is 0 Å². The molecule has 2 N–H and O–H groups in total. The Morgan fingerprint density at radius 3 is 2.79 bits per heavy atom. The third-order valence-electron chi connectivity index (χ3n) is 3.38. The molecule has 6 heteroatoms. The normalized spacial score (nSPS) is 22.5. The molecule has 1 unspecified atom stereocenters. The van der Waals surface area contributed by atoms with E-state index in [9.17, 15) is 0 Å². The minimum Gasteiger partial charge on any atom is -0.357 e. The Morgan fingerprint density at radius 2 is 2.11 bits per heavy atom. The quantitative estimate of drug-likeness (QED) is 0.414. The highest BCUT2D eigenvalue weighted by Crippen LogP contribution is 2.05. The van der Waals surface area contributed by atoms with Crippen LogP contribution in [0.15, 0.2) is 4.99 Å². The average Bonchev–Trinajstić information content (AvgIpc) is 2.40. The number of hydrogen-bond donors (Lipinski definition) is 2. The number of nitrogens with zero attached hydrogens (tertiary/aromatic N) is 3. The second-order valence-corrected chi connectivity index (χ2v) is 6.02. The maximum Gasteiger partial charge on any atom is 0.191 e. The number of nitrogens with one attached hydrogen (secondary N) is 2. The molecule has 5 nitrogen and oxygen atoms in total. The van der Waals surface area contributed by atoms with E-state index in [1.807, 2.05) is 11.8 Å². The van der Waals surface area contributed by atoms with Gasteiger partial charge in [-0.3, -0.25) is 9.89 Å². The Morgan fingerprint density at radius 1 is 1.32 bits per heavy atom. The largest absolute Gasteiger partial charge is 0.357 e. The maximum absolute atomic E-state index is 4.71. The van der Waals surface area contributed by atoms with Crippen LogP contribution >= 0.6 is 11.8 Å². The highest BCUT2D eigenvalue weighted by molar-refractivity contribution is 7.98. The van der Waals surface area contributed by atoms with E-state index in [0.717, 1.165) is 51.0 Å². The predicted molar refractivity (Wildman–Crippen MR) is 86.3 cm³/mol. The van der Waals surface area contributed by atoms with E-state index >= 15 is 0 Å². The van der Waals surface area contributed by atoms with Crippen LogP contribution in [0.1, 0.15) is 6.92 Å². The molecule has 1 aliphatic rings. The monoisotopic (exact) mass is 287 g/mol. The van der Waals surface area contributed by atoms with Crippen molar-refractivity contribution in [1.82, 2.24) is 20.4 Å². The molecule has 0 aromatic carbocycles. The first kappa shape index (κ1) is 16.6. The van der Waals surface area contributed by atoms with Crippen LogP contribution < -0.4 is 10.6 Å². The molecule has 0 saturated carbocycles. The standard InChI is InChI=1S/C13H29N5S/c1-5-14-13(15-6-9-19-4)16-10-12-11-17(2)7-8-18(12)3/h12H,5-11H2,1-4H3,(H2,14,15,16). The Balaban J connectivity index is 2.43. The van der Waals surface area contributed by atoms with Crippen LogP contribution in [0.4, 0.5) is 0 Å². The third kappa shape index (κ3) is 6.49. The molecule has 1 atom stereocenters. The number of aliphatic imine (C=N–C) groups is 1. The Hall–Kier alpha value is -0.460. The zero-order valence-corrected chi connectivity index (χ0v) is 13.6. The van der Waals surface area contributed by atoms with E-state index in [0.29, 0.717) is 6.04 Å². The summed E-state index contributed by atoms with van der Waals surface area (Å²) >= 11 is 1.85. The molecule has 19 heavy (non-hydrogen) atoms. The highest BCUT2D eigenvalue weighted by atomic mass is 32.2. The number of hydrogen-bond acceptors (Lipinski definition) is 4. The molecule has 0 spiro atoms. The number of likely N-dealkylation sites (N-methyl/N-ethyl adjacent to an activating group) is 2. The SMILES string of the molecule is CCNC(=NCC1CN(C)CCN1C)NCCSC. The van der Waals surface area contributed by atoms with Crippen LogP contribution in [-0.4, -0.2) is 87.2 Å². The average molecular weight is 287 g/mol. The first-order valence-electron chi connectivity index (χ1n) is 7.07. The summed E-state index contributed by atoms with van der Waals surface area (Å²) in [5, 5.41) is 6.68. The van der Waals surface area contributed by atoms with Gasteiger partial charge in [-0.15, -0.1) is 0 Å². The molecule has 1 saturated heterocycles. The van der Waals surface area contributed by atoms with Gasteiger partial charge in [-0.05, 0) is 27.3 Å². The fourth-order valence-electron chi connectivity index (χ4n) is 2.11. The smallest absolute Gasteiger partial charge is 0.191 e. The molecular formula is C13H29N5S. The fourth-order valence-corrected chi connectivity index (χ4v) is 2.41. The number of rotatable bonds is 6. The summed E-state index contributed by atoms with van der Waals surface area (Å²) in [6.07, 6.45) is 2.12. The van der Waals surface area contributed by atoms with Crippen molar-refractivity contribution in [2.24, 2.45) is 4.99 Å². The molecule has 112 valence electrons. The molecule has 0 radical (unpaired) electrons. The fraction of sp³-hybridized carbons (Fsp3) is 0.923. The summed E-state index contributed by atoms with van der Waals surface area (Å²) < 4.78 is 0. The Kier molecular flexibility index (Phi) is 8.25. The Bertz CT molecular complexity index is 272. The van der Waals surface area contributed by atoms with Gasteiger partial charge in [-0.2, -0.15) is 11.8 Å². The van der Waals surface area contributed by atoms with Gasteiger partial charge >= 0.3 is 0 Å². The molecule has 1 heterocycles. The van der Waals surface area contributed by atoms with Gasteiger partial charge in [0.2, 0.25) is 0 Å². The molecule has 0 aliphatic carbocycles. The van der Waals surface area contributed by atoms with Gasteiger partial charge < -0.3 is 15.5 Å². The summed E-state index contributed by atoms with van der Waals surface area (Å²) in [5.41, 5.74) is 0. The maximum atomic E-state index is 4.71. The van der Waals surface area contributed by atoms with E-state index in [-0.39, 0.29) is 0 Å². The molecule has 1 aliphatic heterocycles. The summed E-state index contributed by atoms with van der Waals surface area (Å²) in [7, 11) is 4.38. The topological polar surface area (TPSA) is 42.9 Å². The van der Waals surface area contributed by atoms with Gasteiger partial charge in [0.15, 0.2) is 5.96 Å². The molecule has 1 rings (SSSR count). The number of thioether (sulfide) groups is 1. The number of guanidine groups is 1. The molecule has 0 aromatic heterocycles. The Labute approximate surface area is 122 Å². The van der Waals surface area contributed by atoms with Gasteiger partial charge in [0.1, 0.15) is 0 Å².